The van der Waals surface area contributed by atoms with Crippen LogP contribution >= 0.6 is 23.2 Å². The fourth-order valence-corrected chi connectivity index (χ4v) is 7.70. The molecule has 0 unspecified atom stereocenters. The van der Waals surface area contributed by atoms with Crippen LogP contribution in [-0.4, -0.2) is 40.1 Å². The highest BCUT2D eigenvalue weighted by Gasteiger charge is 2.33. The van der Waals surface area contributed by atoms with E-state index in [1.54, 1.807) is 18.2 Å². The molecule has 0 radical (unpaired) electrons. The van der Waals surface area contributed by atoms with Crippen LogP contribution in [0.4, 0.5) is 24.5 Å². The molecule has 1 saturated heterocycles. The lowest BCUT2D eigenvalue weighted by molar-refractivity contribution is -0.137. The third kappa shape index (κ3) is 7.72. The van der Waals surface area contributed by atoms with Crippen molar-refractivity contribution in [1.82, 2.24) is 4.31 Å². The van der Waals surface area contributed by atoms with Gasteiger partial charge in [-0.2, -0.15) is 13.2 Å². The van der Waals surface area contributed by atoms with E-state index in [0.29, 0.717) is 18.9 Å². The van der Waals surface area contributed by atoms with Crippen LogP contribution in [-0.2, 0) is 36.8 Å². The van der Waals surface area contributed by atoms with E-state index in [2.05, 4.69) is 10.0 Å². The topological polar surface area (TPSA) is 113 Å². The lowest BCUT2D eigenvalue weighted by atomic mass is 9.99. The second-order valence-corrected chi connectivity index (χ2v) is 13.8. The summed E-state index contributed by atoms with van der Waals surface area (Å²) >= 11 is 12.3. The van der Waals surface area contributed by atoms with E-state index >= 15 is 0 Å². The minimum Gasteiger partial charge on any atom is -0.326 e. The average Bonchev–Trinajstić information content (AvgIpc) is 2.91. The zero-order chi connectivity index (χ0) is 30.0. The number of nitrogens with one attached hydrogen (secondary N) is 2. The van der Waals surface area contributed by atoms with Crippen molar-refractivity contribution in [3.63, 3.8) is 0 Å². The van der Waals surface area contributed by atoms with Gasteiger partial charge in [-0.3, -0.25) is 9.52 Å². The number of alkyl halides is 3. The zero-order valence-corrected chi connectivity index (χ0v) is 24.3. The lowest BCUT2D eigenvalue weighted by Crippen LogP contribution is -2.44. The first kappa shape index (κ1) is 31.1. The van der Waals surface area contributed by atoms with Crippen molar-refractivity contribution in [2.24, 2.45) is 5.92 Å². The van der Waals surface area contributed by atoms with Gasteiger partial charge in [-0.15, -0.1) is 0 Å². The molecule has 1 aliphatic rings. The summed E-state index contributed by atoms with van der Waals surface area (Å²) in [6, 6.07) is 13.5. The van der Waals surface area contributed by atoms with Crippen molar-refractivity contribution in [3.8, 4) is 0 Å². The summed E-state index contributed by atoms with van der Waals surface area (Å²) in [5, 5.41) is 3.11. The quantitative estimate of drug-likeness (QED) is 0.311. The first-order valence-electron chi connectivity index (χ1n) is 12.2. The van der Waals surface area contributed by atoms with Gasteiger partial charge in [-0.05, 0) is 67.4 Å². The smallest absolute Gasteiger partial charge is 0.326 e. The van der Waals surface area contributed by atoms with Crippen LogP contribution in [0.2, 0.25) is 10.0 Å². The Morgan fingerprint density at radius 3 is 2.20 bits per heavy atom. The molecule has 2 N–H and O–H groups in total. The minimum atomic E-state index is -4.63. The molecule has 8 nitrogen and oxygen atoms in total. The maximum atomic E-state index is 13.1. The van der Waals surface area contributed by atoms with Crippen LogP contribution in [0.1, 0.15) is 24.0 Å². The number of amides is 1. The number of nitrogens with zero attached hydrogens (tertiary/aromatic N) is 1. The Balaban J connectivity index is 1.40. The molecule has 1 aliphatic heterocycles. The zero-order valence-electron chi connectivity index (χ0n) is 21.2. The van der Waals surface area contributed by atoms with Gasteiger partial charge in [0, 0.05) is 40.1 Å². The van der Waals surface area contributed by atoms with E-state index < -0.39 is 49.4 Å². The second-order valence-electron chi connectivity index (χ2n) is 9.35. The Labute approximate surface area is 245 Å². The van der Waals surface area contributed by atoms with Gasteiger partial charge in [-0.25, -0.2) is 21.1 Å². The van der Waals surface area contributed by atoms with Crippen LogP contribution in [0.15, 0.2) is 71.6 Å². The van der Waals surface area contributed by atoms with Gasteiger partial charge in [0.05, 0.1) is 22.1 Å². The van der Waals surface area contributed by atoms with Gasteiger partial charge >= 0.3 is 6.18 Å². The van der Waals surface area contributed by atoms with E-state index in [9.17, 15) is 34.8 Å². The number of benzene rings is 3. The summed E-state index contributed by atoms with van der Waals surface area (Å²) < 4.78 is 93.7. The van der Waals surface area contributed by atoms with Crippen LogP contribution in [0.5, 0.6) is 0 Å². The molecule has 1 heterocycles. The highest BCUT2D eigenvalue weighted by Crippen LogP contribution is 2.32. The highest BCUT2D eigenvalue weighted by atomic mass is 35.5. The van der Waals surface area contributed by atoms with Crippen molar-refractivity contribution in [2.75, 3.05) is 23.1 Å². The Morgan fingerprint density at radius 2 is 1.56 bits per heavy atom. The summed E-state index contributed by atoms with van der Waals surface area (Å²) in [5.41, 5.74) is -0.723. The van der Waals surface area contributed by atoms with E-state index in [-0.39, 0.29) is 45.0 Å². The van der Waals surface area contributed by atoms with Crippen molar-refractivity contribution < 1.29 is 34.8 Å². The molecule has 220 valence electrons. The molecule has 41 heavy (non-hydrogen) atoms. The second kappa shape index (κ2) is 12.2. The van der Waals surface area contributed by atoms with Crippen LogP contribution in [0, 0.1) is 5.92 Å². The molecule has 15 heteroatoms. The van der Waals surface area contributed by atoms with Crippen LogP contribution in [0.25, 0.3) is 0 Å². The van der Waals surface area contributed by atoms with Crippen LogP contribution in [0.3, 0.4) is 0 Å². The minimum absolute atomic E-state index is 0.0520. The fourth-order valence-electron chi connectivity index (χ4n) is 4.29. The number of rotatable bonds is 8. The molecule has 1 amide bonds. The number of hydrogen-bond acceptors (Lipinski definition) is 5. The molecule has 4 rings (SSSR count). The maximum absolute atomic E-state index is 13.1. The van der Waals surface area contributed by atoms with Gasteiger partial charge in [0.1, 0.15) is 0 Å². The predicted molar refractivity (Wildman–Crippen MR) is 151 cm³/mol. The summed E-state index contributed by atoms with van der Waals surface area (Å²) in [6.45, 7) is 0.184. The molecule has 0 spiro atoms. The van der Waals surface area contributed by atoms with Gasteiger partial charge in [0.15, 0.2) is 0 Å². The average molecular weight is 651 g/mol. The highest BCUT2D eigenvalue weighted by molar-refractivity contribution is 7.92. The van der Waals surface area contributed by atoms with E-state index in [1.807, 2.05) is 0 Å². The van der Waals surface area contributed by atoms with Crippen LogP contribution < -0.4 is 10.0 Å². The monoisotopic (exact) mass is 649 g/mol. The molecule has 0 saturated carbocycles. The summed E-state index contributed by atoms with van der Waals surface area (Å²) in [5.74, 6) is -1.52. The Kier molecular flexibility index (Phi) is 9.24. The molecular formula is C26H24Cl2F3N3O5S2. The summed E-state index contributed by atoms with van der Waals surface area (Å²) in [7, 11) is -8.05. The van der Waals surface area contributed by atoms with E-state index in [0.717, 1.165) is 12.1 Å². The molecule has 3 aromatic carbocycles. The summed E-state index contributed by atoms with van der Waals surface area (Å²) in [6.07, 6.45) is -3.74. The van der Waals surface area contributed by atoms with Gasteiger partial charge < -0.3 is 5.32 Å². The SMILES string of the molecule is O=C(Nc1ccc(S(=O)(=O)Nc2cccc(C(F)(F)F)c2)cc1)[C@H]1CCCN(S(=O)(=O)Cc2c(Cl)cccc2Cl)C1. The number of halogens is 5. The molecule has 0 bridgehead atoms. The van der Waals surface area contributed by atoms with E-state index in [1.165, 1.54) is 34.6 Å². The largest absolute Gasteiger partial charge is 0.416 e. The number of carbonyl (C=O) groups excluding carboxylic acids is 1. The van der Waals surface area contributed by atoms with E-state index in [4.69, 9.17) is 23.2 Å². The third-order valence-corrected chi connectivity index (χ3v) is 10.3. The number of anilines is 2. The Bertz CT molecular complexity index is 1630. The molecule has 1 fully saturated rings. The Hall–Kier alpha value is -2.84. The Morgan fingerprint density at radius 1 is 0.927 bits per heavy atom. The predicted octanol–water partition coefficient (Wildman–Crippen LogP) is 5.99. The number of carbonyl (C=O) groups is 1. The normalized spacial score (nSPS) is 16.8. The maximum Gasteiger partial charge on any atom is 0.416 e. The lowest BCUT2D eigenvalue weighted by Gasteiger charge is -2.31. The number of sulfonamides is 2. The van der Waals surface area contributed by atoms with Crippen molar-refractivity contribution in [1.29, 1.82) is 0 Å². The first-order chi connectivity index (χ1) is 19.2. The summed E-state index contributed by atoms with van der Waals surface area (Å²) in [4.78, 5) is 12.7. The standard InChI is InChI=1S/C26H24Cl2F3N3O5S2/c27-23-7-2-8-24(28)22(23)16-40(36,37)34-13-3-4-17(15-34)25(35)32-19-9-11-21(12-10-19)41(38,39)33-20-6-1-5-18(14-20)26(29,30)31/h1-2,5-12,14,17,33H,3-4,13,15-16H2,(H,32,35)/t17-/m0/s1. The fraction of sp³-hybridized carbons (Fsp3) is 0.269. The van der Waals surface area contributed by atoms with Gasteiger partial charge in [0.2, 0.25) is 15.9 Å². The molecule has 0 aliphatic carbocycles. The first-order valence-corrected chi connectivity index (χ1v) is 16.0. The van der Waals surface area contributed by atoms with Crippen molar-refractivity contribution in [3.05, 3.63) is 87.9 Å². The molecule has 3 aromatic rings. The van der Waals surface area contributed by atoms with Gasteiger partial charge in [0.25, 0.3) is 10.0 Å². The third-order valence-electron chi connectivity index (χ3n) is 6.41. The van der Waals surface area contributed by atoms with Crippen molar-refractivity contribution in [2.45, 2.75) is 29.7 Å². The molecule has 0 aromatic heterocycles. The van der Waals surface area contributed by atoms with Gasteiger partial charge in [-0.1, -0.05) is 35.3 Å². The number of piperidine rings is 1. The molecular weight excluding hydrogens is 626 g/mol. The number of hydrogen-bond donors (Lipinski definition) is 2. The van der Waals surface area contributed by atoms with Crippen molar-refractivity contribution >= 4 is 60.5 Å². The molecule has 1 atom stereocenters.